The first-order chi connectivity index (χ1) is 7.66. The van der Waals surface area contributed by atoms with Gasteiger partial charge in [-0.3, -0.25) is 0 Å². The summed E-state index contributed by atoms with van der Waals surface area (Å²) in [5.74, 6) is 0. The molecule has 0 radical (unpaired) electrons. The Labute approximate surface area is 108 Å². The Hall–Kier alpha value is -0.300. The smallest absolute Gasteiger partial charge is 0.0416 e. The molecular formula is C16H31N. The minimum atomic E-state index is 0.321. The molecule has 1 heteroatoms. The van der Waals surface area contributed by atoms with Crippen LogP contribution in [0.3, 0.4) is 0 Å². The number of nitrogens with one attached hydrogen (secondary N) is 1. The third kappa shape index (κ3) is 4.46. The fraction of sp³-hybridized carbons (Fsp3) is 0.875. The van der Waals surface area contributed by atoms with Gasteiger partial charge in [0.25, 0.3) is 0 Å². The highest BCUT2D eigenvalue weighted by Crippen LogP contribution is 2.36. The summed E-state index contributed by atoms with van der Waals surface area (Å²) in [4.78, 5) is 0. The lowest BCUT2D eigenvalue weighted by molar-refractivity contribution is 0.398. The van der Waals surface area contributed by atoms with Gasteiger partial charge in [-0.05, 0) is 23.7 Å². The Morgan fingerprint density at radius 3 is 2.06 bits per heavy atom. The molecule has 0 amide bonds. The van der Waals surface area contributed by atoms with Crippen molar-refractivity contribution >= 4 is 0 Å². The molecule has 1 saturated heterocycles. The van der Waals surface area contributed by atoms with Crippen LogP contribution in [0.25, 0.3) is 0 Å². The molecule has 2 atom stereocenters. The van der Waals surface area contributed by atoms with Crippen molar-refractivity contribution < 1.29 is 0 Å². The van der Waals surface area contributed by atoms with E-state index in [1.54, 1.807) is 5.57 Å². The van der Waals surface area contributed by atoms with E-state index in [1.807, 2.05) is 0 Å². The van der Waals surface area contributed by atoms with Crippen LogP contribution in [0.2, 0.25) is 0 Å². The summed E-state index contributed by atoms with van der Waals surface area (Å²) >= 11 is 0. The van der Waals surface area contributed by atoms with E-state index >= 15 is 0 Å². The highest BCUT2D eigenvalue weighted by Gasteiger charge is 2.43. The summed E-state index contributed by atoms with van der Waals surface area (Å²) in [6.07, 6.45) is 6.37. The van der Waals surface area contributed by atoms with Crippen LogP contribution >= 0.6 is 0 Å². The first-order valence-electron chi connectivity index (χ1n) is 7.13. The number of hydrogen-bond acceptors (Lipinski definition) is 1. The molecule has 1 rings (SSSR count). The van der Waals surface area contributed by atoms with Crippen molar-refractivity contribution in [3.05, 3.63) is 11.6 Å². The van der Waals surface area contributed by atoms with E-state index in [2.05, 4.69) is 59.9 Å². The molecular weight excluding hydrogens is 206 g/mol. The maximum Gasteiger partial charge on any atom is 0.0416 e. The Bertz CT molecular complexity index is 275. The maximum absolute atomic E-state index is 3.61. The zero-order chi connectivity index (χ0) is 13.3. The molecule has 0 bridgehead atoms. The van der Waals surface area contributed by atoms with Gasteiger partial charge in [0.2, 0.25) is 0 Å². The number of hydrogen-bond donors (Lipinski definition) is 1. The minimum Gasteiger partial charge on any atom is -0.304 e. The Balaban J connectivity index is 2.66. The monoisotopic (exact) mass is 237 g/mol. The molecule has 1 aliphatic rings. The second-order valence-electron chi connectivity index (χ2n) is 7.58. The summed E-state index contributed by atoms with van der Waals surface area (Å²) in [5.41, 5.74) is 2.33. The number of unbranched alkanes of at least 4 members (excludes halogenated alkanes) is 1. The predicted molar refractivity (Wildman–Crippen MR) is 77.2 cm³/mol. The van der Waals surface area contributed by atoms with Crippen LogP contribution in [0.5, 0.6) is 0 Å². The van der Waals surface area contributed by atoms with Crippen molar-refractivity contribution in [2.75, 3.05) is 0 Å². The minimum absolute atomic E-state index is 0.321. The summed E-state index contributed by atoms with van der Waals surface area (Å²) in [6.45, 7) is 16.2. The lowest BCUT2D eigenvalue weighted by Crippen LogP contribution is -2.18. The van der Waals surface area contributed by atoms with E-state index in [1.165, 1.54) is 19.3 Å². The maximum atomic E-state index is 3.61. The predicted octanol–water partition coefficient (Wildman–Crippen LogP) is 4.54. The van der Waals surface area contributed by atoms with Gasteiger partial charge in [0.15, 0.2) is 0 Å². The van der Waals surface area contributed by atoms with Crippen LogP contribution in [0.1, 0.15) is 67.7 Å². The van der Waals surface area contributed by atoms with E-state index in [4.69, 9.17) is 0 Å². The van der Waals surface area contributed by atoms with Crippen LogP contribution in [-0.4, -0.2) is 12.1 Å². The molecule has 1 nitrogen and oxygen atoms in total. The summed E-state index contributed by atoms with van der Waals surface area (Å²) in [6, 6.07) is 1.28. The first-order valence-corrected chi connectivity index (χ1v) is 7.13. The second kappa shape index (κ2) is 5.14. The van der Waals surface area contributed by atoms with Gasteiger partial charge in [0.1, 0.15) is 0 Å². The van der Waals surface area contributed by atoms with Crippen LogP contribution in [0.15, 0.2) is 11.6 Å². The highest BCUT2D eigenvalue weighted by molar-refractivity contribution is 5.23. The van der Waals surface area contributed by atoms with E-state index in [9.17, 15) is 0 Å². The van der Waals surface area contributed by atoms with Crippen molar-refractivity contribution in [1.82, 2.24) is 5.32 Å². The Morgan fingerprint density at radius 1 is 1.12 bits per heavy atom. The molecule has 1 aliphatic heterocycles. The Morgan fingerprint density at radius 2 is 1.71 bits per heavy atom. The Kier molecular flexibility index (Phi) is 4.46. The van der Waals surface area contributed by atoms with Crippen molar-refractivity contribution in [3.63, 3.8) is 0 Å². The summed E-state index contributed by atoms with van der Waals surface area (Å²) < 4.78 is 0. The molecule has 0 aliphatic carbocycles. The SMILES string of the molecule is CCCC/C(=C\C1N[C@H]1C(C)(C)C)C(C)(C)C. The standard InChI is InChI=1S/C16H31N/c1-8-9-10-12(15(2,3)4)11-13-14(17-13)16(5,6)7/h11,13-14,17H,8-10H2,1-7H3/b12-11+/t13?,14-/m1/s1. The molecule has 0 aromatic rings. The van der Waals surface area contributed by atoms with E-state index in [-0.39, 0.29) is 0 Å². The van der Waals surface area contributed by atoms with Gasteiger partial charge in [-0.15, -0.1) is 0 Å². The first kappa shape index (κ1) is 14.8. The normalized spacial score (nSPS) is 26.2. The van der Waals surface area contributed by atoms with E-state index < -0.39 is 0 Å². The summed E-state index contributed by atoms with van der Waals surface area (Å²) in [7, 11) is 0. The van der Waals surface area contributed by atoms with Gasteiger partial charge in [-0.2, -0.15) is 0 Å². The van der Waals surface area contributed by atoms with Crippen LogP contribution in [0, 0.1) is 10.8 Å². The fourth-order valence-electron chi connectivity index (χ4n) is 2.38. The molecule has 1 N–H and O–H groups in total. The number of allylic oxidation sites excluding steroid dienone is 1. The number of rotatable bonds is 4. The topological polar surface area (TPSA) is 21.9 Å². The van der Waals surface area contributed by atoms with Crippen LogP contribution in [0.4, 0.5) is 0 Å². The zero-order valence-corrected chi connectivity index (χ0v) is 12.9. The van der Waals surface area contributed by atoms with Crippen molar-refractivity contribution in [2.45, 2.75) is 79.8 Å². The lowest BCUT2D eigenvalue weighted by Gasteiger charge is -2.24. The van der Waals surface area contributed by atoms with Gasteiger partial charge in [0.05, 0.1) is 0 Å². The molecule has 0 saturated carbocycles. The quantitative estimate of drug-likeness (QED) is 0.563. The van der Waals surface area contributed by atoms with Gasteiger partial charge in [-0.25, -0.2) is 0 Å². The fourth-order valence-corrected chi connectivity index (χ4v) is 2.38. The van der Waals surface area contributed by atoms with Crippen LogP contribution in [-0.2, 0) is 0 Å². The lowest BCUT2D eigenvalue weighted by atomic mass is 9.81. The average molecular weight is 237 g/mol. The molecule has 100 valence electrons. The van der Waals surface area contributed by atoms with E-state index in [0.29, 0.717) is 22.9 Å². The highest BCUT2D eigenvalue weighted by atomic mass is 15.2. The largest absolute Gasteiger partial charge is 0.304 e. The van der Waals surface area contributed by atoms with Gasteiger partial charge >= 0.3 is 0 Å². The molecule has 1 heterocycles. The average Bonchev–Trinajstić information content (AvgIpc) is 2.88. The zero-order valence-electron chi connectivity index (χ0n) is 12.9. The third-order valence-corrected chi connectivity index (χ3v) is 3.70. The molecule has 1 unspecified atom stereocenters. The van der Waals surface area contributed by atoms with Crippen molar-refractivity contribution in [1.29, 1.82) is 0 Å². The van der Waals surface area contributed by atoms with Crippen molar-refractivity contribution in [3.8, 4) is 0 Å². The third-order valence-electron chi connectivity index (χ3n) is 3.70. The van der Waals surface area contributed by atoms with Gasteiger partial charge < -0.3 is 5.32 Å². The van der Waals surface area contributed by atoms with Crippen LogP contribution < -0.4 is 5.32 Å². The summed E-state index contributed by atoms with van der Waals surface area (Å²) in [5, 5.41) is 3.61. The molecule has 0 aromatic heterocycles. The van der Waals surface area contributed by atoms with Crippen molar-refractivity contribution in [2.24, 2.45) is 10.8 Å². The molecule has 0 aromatic carbocycles. The molecule has 17 heavy (non-hydrogen) atoms. The van der Waals surface area contributed by atoms with E-state index in [0.717, 1.165) is 0 Å². The van der Waals surface area contributed by atoms with Gasteiger partial charge in [-0.1, -0.05) is 66.5 Å². The van der Waals surface area contributed by atoms with Gasteiger partial charge in [0, 0.05) is 12.1 Å². The molecule has 1 fully saturated rings. The molecule has 0 spiro atoms. The second-order valence-corrected chi connectivity index (χ2v) is 7.58.